The van der Waals surface area contributed by atoms with Gasteiger partial charge >= 0.3 is 0 Å². The highest BCUT2D eigenvalue weighted by atomic mass is 35.5. The first-order valence-corrected chi connectivity index (χ1v) is 6.97. The Morgan fingerprint density at radius 1 is 1.45 bits per heavy atom. The summed E-state index contributed by atoms with van der Waals surface area (Å²) < 4.78 is 50.9. The Bertz CT molecular complexity index is 624. The molecule has 0 amide bonds. The van der Waals surface area contributed by atoms with Crippen LogP contribution in [0, 0.1) is 10.1 Å². The lowest BCUT2D eigenvalue weighted by molar-refractivity contribution is -0.384. The number of rotatable bonds is 6. The van der Waals surface area contributed by atoms with Crippen molar-refractivity contribution in [3.63, 3.8) is 0 Å². The van der Waals surface area contributed by atoms with Crippen molar-refractivity contribution in [1.82, 2.24) is 4.72 Å². The fourth-order valence-electron chi connectivity index (χ4n) is 1.17. The third-order valence-corrected chi connectivity index (χ3v) is 4.12. The van der Waals surface area contributed by atoms with E-state index in [1.807, 2.05) is 0 Å². The summed E-state index contributed by atoms with van der Waals surface area (Å²) in [6.45, 7) is -2.22. The molecule has 0 aromatic heterocycles. The third kappa shape index (κ3) is 4.07. The average Bonchev–Trinajstić information content (AvgIpc) is 2.36. The summed E-state index contributed by atoms with van der Waals surface area (Å²) in [6, 6.07) is 2.59. The predicted molar refractivity (Wildman–Crippen MR) is 67.3 cm³/mol. The van der Waals surface area contributed by atoms with E-state index in [4.69, 9.17) is 17.3 Å². The molecule has 0 aliphatic rings. The van der Waals surface area contributed by atoms with E-state index in [2.05, 4.69) is 0 Å². The Hall–Kier alpha value is -1.36. The van der Waals surface area contributed by atoms with Crippen molar-refractivity contribution in [2.45, 2.75) is 10.8 Å². The molecule has 0 atom stereocenters. The van der Waals surface area contributed by atoms with Crippen LogP contribution in [0.15, 0.2) is 23.1 Å². The van der Waals surface area contributed by atoms with E-state index >= 15 is 0 Å². The van der Waals surface area contributed by atoms with Gasteiger partial charge < -0.3 is 5.73 Å². The standard InChI is InChI=1S/C9H10ClF2N3O4S/c10-7-3-6(15(16)17)1-2-8(7)20(18,19)14-5-9(11,12)4-13/h1-3,14H,4-5,13H2. The highest BCUT2D eigenvalue weighted by molar-refractivity contribution is 7.89. The van der Waals surface area contributed by atoms with Crippen LogP contribution in [-0.4, -0.2) is 32.4 Å². The molecule has 0 aliphatic carbocycles. The van der Waals surface area contributed by atoms with Crippen molar-refractivity contribution in [3.8, 4) is 0 Å². The van der Waals surface area contributed by atoms with Gasteiger partial charge in [0.2, 0.25) is 10.0 Å². The summed E-state index contributed by atoms with van der Waals surface area (Å²) in [4.78, 5) is 9.18. The van der Waals surface area contributed by atoms with Crippen molar-refractivity contribution in [3.05, 3.63) is 33.3 Å². The number of nitrogens with zero attached hydrogens (tertiary/aromatic N) is 1. The first-order chi connectivity index (χ1) is 9.09. The highest BCUT2D eigenvalue weighted by Gasteiger charge is 2.30. The molecular formula is C9H10ClF2N3O4S. The molecule has 11 heteroatoms. The summed E-state index contributed by atoms with van der Waals surface area (Å²) in [5, 5.41) is 10.0. The van der Waals surface area contributed by atoms with E-state index in [0.29, 0.717) is 0 Å². The number of nitrogens with two attached hydrogens (primary N) is 1. The normalized spacial score (nSPS) is 12.4. The van der Waals surface area contributed by atoms with Crippen LogP contribution in [-0.2, 0) is 10.0 Å². The van der Waals surface area contributed by atoms with Crippen LogP contribution in [0.5, 0.6) is 0 Å². The maximum Gasteiger partial charge on any atom is 0.273 e. The quantitative estimate of drug-likeness (QED) is 0.599. The van der Waals surface area contributed by atoms with Gasteiger partial charge in [0.05, 0.1) is 23.0 Å². The molecule has 0 radical (unpaired) electrons. The molecular weight excluding hydrogens is 320 g/mol. The number of alkyl halides is 2. The minimum Gasteiger partial charge on any atom is -0.325 e. The Balaban J connectivity index is 3.02. The zero-order chi connectivity index (χ0) is 15.6. The van der Waals surface area contributed by atoms with E-state index < -0.39 is 49.6 Å². The van der Waals surface area contributed by atoms with Gasteiger partial charge in [0.15, 0.2) is 0 Å². The van der Waals surface area contributed by atoms with Gasteiger partial charge in [0.25, 0.3) is 11.6 Å². The van der Waals surface area contributed by atoms with Crippen LogP contribution in [0.2, 0.25) is 5.02 Å². The number of nitro groups is 1. The molecule has 1 rings (SSSR count). The maximum absolute atomic E-state index is 12.9. The summed E-state index contributed by atoms with van der Waals surface area (Å²) in [7, 11) is -4.32. The fourth-order valence-corrected chi connectivity index (χ4v) is 2.77. The summed E-state index contributed by atoms with van der Waals surface area (Å²) in [6.07, 6.45) is 0. The lowest BCUT2D eigenvalue weighted by Crippen LogP contribution is -2.41. The van der Waals surface area contributed by atoms with E-state index in [1.54, 1.807) is 4.72 Å². The largest absolute Gasteiger partial charge is 0.325 e. The first kappa shape index (κ1) is 16.7. The van der Waals surface area contributed by atoms with Crippen molar-refractivity contribution in [2.24, 2.45) is 5.73 Å². The zero-order valence-electron chi connectivity index (χ0n) is 9.85. The van der Waals surface area contributed by atoms with Gasteiger partial charge in [0, 0.05) is 12.1 Å². The summed E-state index contributed by atoms with van der Waals surface area (Å²) in [5.74, 6) is -3.40. The van der Waals surface area contributed by atoms with Gasteiger partial charge in [-0.2, -0.15) is 0 Å². The molecule has 0 spiro atoms. The number of hydrogen-bond acceptors (Lipinski definition) is 5. The Labute approximate surface area is 117 Å². The van der Waals surface area contributed by atoms with Gasteiger partial charge in [-0.05, 0) is 6.07 Å². The Morgan fingerprint density at radius 3 is 2.50 bits per heavy atom. The molecule has 0 saturated heterocycles. The second-order valence-corrected chi connectivity index (χ2v) is 5.90. The average molecular weight is 330 g/mol. The van der Waals surface area contributed by atoms with Crippen molar-refractivity contribution in [1.29, 1.82) is 0 Å². The predicted octanol–water partition coefficient (Wildman–Crippen LogP) is 1.12. The number of benzene rings is 1. The van der Waals surface area contributed by atoms with Gasteiger partial charge in [-0.15, -0.1) is 0 Å². The molecule has 0 bridgehead atoms. The van der Waals surface area contributed by atoms with Crippen molar-refractivity contribution in [2.75, 3.05) is 13.1 Å². The molecule has 7 nitrogen and oxygen atoms in total. The monoisotopic (exact) mass is 329 g/mol. The Morgan fingerprint density at radius 2 is 2.05 bits per heavy atom. The lowest BCUT2D eigenvalue weighted by Gasteiger charge is -2.15. The van der Waals surface area contributed by atoms with E-state index in [0.717, 1.165) is 18.2 Å². The van der Waals surface area contributed by atoms with Crippen molar-refractivity contribution < 1.29 is 22.1 Å². The van der Waals surface area contributed by atoms with Crippen LogP contribution in [0.3, 0.4) is 0 Å². The molecule has 1 aromatic rings. The maximum atomic E-state index is 12.9. The van der Waals surface area contributed by atoms with Gasteiger partial charge in [-0.3, -0.25) is 10.1 Å². The molecule has 112 valence electrons. The molecule has 20 heavy (non-hydrogen) atoms. The molecule has 1 aromatic carbocycles. The Kier molecular flexibility index (Phi) is 4.97. The van der Waals surface area contributed by atoms with Gasteiger partial charge in [-0.25, -0.2) is 21.9 Å². The van der Waals surface area contributed by atoms with Crippen LogP contribution in [0.25, 0.3) is 0 Å². The van der Waals surface area contributed by atoms with Gasteiger partial charge in [0.1, 0.15) is 4.90 Å². The lowest BCUT2D eigenvalue weighted by atomic mass is 10.3. The zero-order valence-corrected chi connectivity index (χ0v) is 11.4. The smallest absolute Gasteiger partial charge is 0.273 e. The topological polar surface area (TPSA) is 115 Å². The number of sulfonamides is 1. The fraction of sp³-hybridized carbons (Fsp3) is 0.333. The van der Waals surface area contributed by atoms with Crippen LogP contribution in [0.4, 0.5) is 14.5 Å². The number of nitro benzene ring substituents is 1. The molecule has 0 heterocycles. The second kappa shape index (κ2) is 5.95. The second-order valence-electron chi connectivity index (χ2n) is 3.76. The number of hydrogen-bond donors (Lipinski definition) is 2. The summed E-state index contributed by atoms with van der Waals surface area (Å²) in [5.41, 5.74) is 4.36. The molecule has 3 N–H and O–H groups in total. The van der Waals surface area contributed by atoms with Crippen molar-refractivity contribution >= 4 is 27.3 Å². The molecule has 0 aliphatic heterocycles. The first-order valence-electron chi connectivity index (χ1n) is 5.10. The van der Waals surface area contributed by atoms with Crippen LogP contribution < -0.4 is 10.5 Å². The minimum atomic E-state index is -4.32. The number of halogens is 3. The van der Waals surface area contributed by atoms with Crippen LogP contribution in [0.1, 0.15) is 0 Å². The van der Waals surface area contributed by atoms with E-state index in [9.17, 15) is 27.3 Å². The van der Waals surface area contributed by atoms with E-state index in [1.165, 1.54) is 0 Å². The van der Waals surface area contributed by atoms with E-state index in [-0.39, 0.29) is 0 Å². The molecule has 0 saturated carbocycles. The summed E-state index contributed by atoms with van der Waals surface area (Å²) >= 11 is 5.61. The number of nitrogens with one attached hydrogen (secondary N) is 1. The van der Waals surface area contributed by atoms with Crippen LogP contribution >= 0.6 is 11.6 Å². The highest BCUT2D eigenvalue weighted by Crippen LogP contribution is 2.26. The number of non-ortho nitro benzene ring substituents is 1. The molecule has 0 fully saturated rings. The third-order valence-electron chi connectivity index (χ3n) is 2.24. The minimum absolute atomic E-state index is 0.416. The SMILES string of the molecule is NCC(F)(F)CNS(=O)(=O)c1ccc([N+](=O)[O-])cc1Cl. The van der Waals surface area contributed by atoms with Gasteiger partial charge in [-0.1, -0.05) is 11.6 Å². The molecule has 0 unspecified atom stereocenters.